The first-order valence-electron chi connectivity index (χ1n) is 10.3. The lowest BCUT2D eigenvalue weighted by Gasteiger charge is -2.11. The average molecular weight is 471 g/mol. The molecule has 2 aromatic rings. The molecule has 0 bridgehead atoms. The molecule has 10 heteroatoms. The zero-order valence-electron chi connectivity index (χ0n) is 18.4. The Kier molecular flexibility index (Phi) is 9.97. The number of benzene rings is 2. The number of anilines is 1. The summed E-state index contributed by atoms with van der Waals surface area (Å²) in [4.78, 5) is 47.8. The van der Waals surface area contributed by atoms with Gasteiger partial charge in [0.1, 0.15) is 0 Å². The average Bonchev–Trinajstić information content (AvgIpc) is 2.80. The molecule has 0 aliphatic carbocycles. The largest absolute Gasteiger partial charge is 0.466 e. The summed E-state index contributed by atoms with van der Waals surface area (Å²) in [6.07, 6.45) is 0.554. The molecule has 0 heterocycles. The van der Waals surface area contributed by atoms with Crippen LogP contribution < -0.4 is 21.5 Å². The molecule has 9 nitrogen and oxygen atoms in total. The number of rotatable bonds is 8. The lowest BCUT2D eigenvalue weighted by atomic mass is 10.1. The Morgan fingerprint density at radius 3 is 2.30 bits per heavy atom. The maximum Gasteiger partial charge on any atom is 0.306 e. The molecular weight excluding hydrogens is 444 g/mol. The first-order chi connectivity index (χ1) is 15.8. The lowest BCUT2D eigenvalue weighted by molar-refractivity contribution is -0.144. The smallest absolute Gasteiger partial charge is 0.306 e. The Hall–Kier alpha value is -3.79. The van der Waals surface area contributed by atoms with Crippen molar-refractivity contribution in [3.63, 3.8) is 0 Å². The van der Waals surface area contributed by atoms with Gasteiger partial charge in [-0.1, -0.05) is 24.6 Å². The number of thiocarbonyl (C=S) groups is 1. The number of hydrogen-bond donors (Lipinski definition) is 4. The Bertz CT molecular complexity index is 1020. The van der Waals surface area contributed by atoms with Crippen molar-refractivity contribution in [2.75, 3.05) is 11.9 Å². The van der Waals surface area contributed by atoms with Gasteiger partial charge in [0, 0.05) is 23.2 Å². The number of amides is 3. The van der Waals surface area contributed by atoms with Gasteiger partial charge in [0.25, 0.3) is 11.8 Å². The number of carbonyl (C=O) groups excluding carboxylic acids is 4. The second-order valence-electron chi connectivity index (χ2n) is 7.08. The number of carbonyl (C=O) groups is 4. The SMILES string of the molecule is CCCOC(=O)CCC(=O)NC(=S)NNC(=O)c1ccc(NC(=O)c2cccc(C)c2)cc1. The number of esters is 1. The molecule has 0 saturated heterocycles. The van der Waals surface area contributed by atoms with Crippen LogP contribution in [0.5, 0.6) is 0 Å². The molecule has 33 heavy (non-hydrogen) atoms. The molecule has 0 saturated carbocycles. The van der Waals surface area contributed by atoms with E-state index >= 15 is 0 Å². The molecule has 2 rings (SSSR count). The Balaban J connectivity index is 1.76. The van der Waals surface area contributed by atoms with Crippen LogP contribution in [0.15, 0.2) is 48.5 Å². The zero-order valence-corrected chi connectivity index (χ0v) is 19.2. The minimum Gasteiger partial charge on any atom is -0.466 e. The zero-order chi connectivity index (χ0) is 24.2. The fraction of sp³-hybridized carbons (Fsp3) is 0.261. The summed E-state index contributed by atoms with van der Waals surface area (Å²) in [6.45, 7) is 4.09. The van der Waals surface area contributed by atoms with Crippen molar-refractivity contribution in [2.24, 2.45) is 0 Å². The molecule has 0 unspecified atom stereocenters. The molecule has 0 fully saturated rings. The van der Waals surface area contributed by atoms with E-state index in [0.29, 0.717) is 29.8 Å². The van der Waals surface area contributed by atoms with Crippen LogP contribution in [0.4, 0.5) is 5.69 Å². The van der Waals surface area contributed by atoms with Crippen LogP contribution in [0.2, 0.25) is 0 Å². The first kappa shape index (κ1) is 25.5. The van der Waals surface area contributed by atoms with Crippen molar-refractivity contribution in [1.82, 2.24) is 16.2 Å². The highest BCUT2D eigenvalue weighted by Gasteiger charge is 2.11. The van der Waals surface area contributed by atoms with Gasteiger partial charge in [-0.2, -0.15) is 0 Å². The predicted molar refractivity (Wildman–Crippen MR) is 127 cm³/mol. The maximum atomic E-state index is 12.3. The van der Waals surface area contributed by atoms with Gasteiger partial charge >= 0.3 is 5.97 Å². The molecule has 4 N–H and O–H groups in total. The van der Waals surface area contributed by atoms with Crippen LogP contribution in [-0.2, 0) is 14.3 Å². The monoisotopic (exact) mass is 470 g/mol. The van der Waals surface area contributed by atoms with Crippen molar-refractivity contribution < 1.29 is 23.9 Å². The van der Waals surface area contributed by atoms with E-state index in [1.807, 2.05) is 19.9 Å². The Morgan fingerprint density at radius 1 is 0.909 bits per heavy atom. The molecule has 0 radical (unpaired) electrons. The summed E-state index contributed by atoms with van der Waals surface area (Å²) in [5.41, 5.74) is 7.14. The van der Waals surface area contributed by atoms with Crippen LogP contribution in [0.25, 0.3) is 0 Å². The van der Waals surface area contributed by atoms with Crippen LogP contribution >= 0.6 is 12.2 Å². The summed E-state index contributed by atoms with van der Waals surface area (Å²) in [5, 5.41) is 5.01. The molecular formula is C23H26N4O5S. The summed E-state index contributed by atoms with van der Waals surface area (Å²) >= 11 is 4.95. The van der Waals surface area contributed by atoms with Crippen molar-refractivity contribution in [3.05, 3.63) is 65.2 Å². The number of aryl methyl sites for hydroxylation is 1. The van der Waals surface area contributed by atoms with Gasteiger partial charge in [-0.3, -0.25) is 30.0 Å². The third-order valence-corrected chi connectivity index (χ3v) is 4.46. The van der Waals surface area contributed by atoms with Gasteiger partial charge in [0.15, 0.2) is 5.11 Å². The molecule has 0 aliphatic rings. The molecule has 0 atom stereocenters. The van der Waals surface area contributed by atoms with Gasteiger partial charge in [0.05, 0.1) is 13.0 Å². The number of ether oxygens (including phenoxy) is 1. The highest BCUT2D eigenvalue weighted by Crippen LogP contribution is 2.12. The Labute approximate surface area is 197 Å². The van der Waals surface area contributed by atoms with E-state index in [0.717, 1.165) is 5.56 Å². The number of hydrazine groups is 1. The third kappa shape index (κ3) is 9.08. The van der Waals surface area contributed by atoms with Gasteiger partial charge in [-0.15, -0.1) is 0 Å². The van der Waals surface area contributed by atoms with Gasteiger partial charge in [-0.05, 0) is 62.0 Å². The standard InChI is InChI=1S/C23H26N4O5S/c1-3-13-32-20(29)12-11-19(28)25-23(33)27-26-22(31)16-7-9-18(10-8-16)24-21(30)17-6-4-5-15(2)14-17/h4-10,14H,3,11-13H2,1-2H3,(H,24,30)(H,26,31)(H2,25,27,28,33). The Morgan fingerprint density at radius 2 is 1.64 bits per heavy atom. The summed E-state index contributed by atoms with van der Waals surface area (Å²) in [6, 6.07) is 13.5. The third-order valence-electron chi connectivity index (χ3n) is 4.25. The van der Waals surface area contributed by atoms with E-state index < -0.39 is 17.8 Å². The molecule has 0 aliphatic heterocycles. The number of hydrogen-bond acceptors (Lipinski definition) is 6. The van der Waals surface area contributed by atoms with Crippen molar-refractivity contribution in [3.8, 4) is 0 Å². The van der Waals surface area contributed by atoms with E-state index in [1.165, 1.54) is 12.1 Å². The van der Waals surface area contributed by atoms with Gasteiger partial charge < -0.3 is 15.4 Å². The van der Waals surface area contributed by atoms with Gasteiger partial charge in [-0.25, -0.2) is 0 Å². The minimum atomic E-state index is -0.494. The second kappa shape index (κ2) is 12.9. The molecule has 0 spiro atoms. The highest BCUT2D eigenvalue weighted by atomic mass is 32.1. The number of nitrogens with one attached hydrogen (secondary N) is 4. The van der Waals surface area contributed by atoms with Crippen molar-refractivity contribution in [1.29, 1.82) is 0 Å². The molecule has 174 valence electrons. The van der Waals surface area contributed by atoms with E-state index in [-0.39, 0.29) is 23.9 Å². The van der Waals surface area contributed by atoms with Gasteiger partial charge in [0.2, 0.25) is 5.91 Å². The molecule has 3 amide bonds. The summed E-state index contributed by atoms with van der Waals surface area (Å²) < 4.78 is 4.88. The molecule has 2 aromatic carbocycles. The summed E-state index contributed by atoms with van der Waals surface area (Å²) in [7, 11) is 0. The minimum absolute atomic E-state index is 0.0619. The van der Waals surface area contributed by atoms with Crippen LogP contribution in [0.1, 0.15) is 52.5 Å². The summed E-state index contributed by atoms with van der Waals surface area (Å²) in [5.74, 6) is -1.69. The first-order valence-corrected chi connectivity index (χ1v) is 10.7. The topological polar surface area (TPSA) is 126 Å². The van der Waals surface area contributed by atoms with E-state index in [4.69, 9.17) is 17.0 Å². The fourth-order valence-electron chi connectivity index (χ4n) is 2.60. The van der Waals surface area contributed by atoms with Crippen LogP contribution in [0.3, 0.4) is 0 Å². The lowest BCUT2D eigenvalue weighted by Crippen LogP contribution is -2.48. The van der Waals surface area contributed by atoms with Crippen LogP contribution in [0, 0.1) is 6.92 Å². The normalized spacial score (nSPS) is 10.0. The van der Waals surface area contributed by atoms with Crippen molar-refractivity contribution in [2.45, 2.75) is 33.1 Å². The second-order valence-corrected chi connectivity index (χ2v) is 7.49. The van der Waals surface area contributed by atoms with E-state index in [1.54, 1.807) is 30.3 Å². The fourth-order valence-corrected chi connectivity index (χ4v) is 2.77. The van der Waals surface area contributed by atoms with Crippen molar-refractivity contribution >= 4 is 46.7 Å². The quantitative estimate of drug-likeness (QED) is 0.265. The molecule has 0 aromatic heterocycles. The van der Waals surface area contributed by atoms with E-state index in [9.17, 15) is 19.2 Å². The predicted octanol–water partition coefficient (Wildman–Crippen LogP) is 2.62. The van der Waals surface area contributed by atoms with Crippen LogP contribution in [-0.4, -0.2) is 35.4 Å². The maximum absolute atomic E-state index is 12.3. The highest BCUT2D eigenvalue weighted by molar-refractivity contribution is 7.80. The van der Waals surface area contributed by atoms with E-state index in [2.05, 4.69) is 21.5 Å².